The summed E-state index contributed by atoms with van der Waals surface area (Å²) < 4.78 is 25.5. The van der Waals surface area contributed by atoms with Crippen molar-refractivity contribution < 1.29 is 47.7 Å². The van der Waals surface area contributed by atoms with E-state index in [-0.39, 0.29) is 50.5 Å². The van der Waals surface area contributed by atoms with Crippen molar-refractivity contribution in [3.05, 3.63) is 35.9 Å². The molecule has 0 unspecified atom stereocenters. The molecule has 1 rings (SSSR count). The number of carbonyl (C=O) groups is 5. The molecule has 12 nitrogen and oxygen atoms in total. The average molecular weight is 625 g/mol. The van der Waals surface area contributed by atoms with Crippen molar-refractivity contribution in [1.29, 1.82) is 0 Å². The number of nitrogens with one attached hydrogen (secondary N) is 1. The predicted octanol–water partition coefficient (Wildman–Crippen LogP) is 4.74. The topological polar surface area (TPSA) is 170 Å². The second-order valence-electron chi connectivity index (χ2n) is 12.6. The SMILES string of the molecule is CC(C)OC(=O)[C@@H](N)CCC(=O)OC(C)(C)C.CC(C)OC(=O)[C@H](CCC(=O)OC(C)(C)C)NC(=O)OCc1ccccc1. The molecule has 0 aliphatic heterocycles. The van der Waals surface area contributed by atoms with Crippen molar-refractivity contribution in [2.24, 2.45) is 5.73 Å². The highest BCUT2D eigenvalue weighted by atomic mass is 16.6. The summed E-state index contributed by atoms with van der Waals surface area (Å²) in [4.78, 5) is 58.9. The monoisotopic (exact) mass is 624 g/mol. The fraction of sp³-hybridized carbons (Fsp3) is 0.656. The van der Waals surface area contributed by atoms with E-state index in [0.717, 1.165) is 5.56 Å². The van der Waals surface area contributed by atoms with Gasteiger partial charge in [0.15, 0.2) is 0 Å². The molecule has 250 valence electrons. The van der Waals surface area contributed by atoms with E-state index >= 15 is 0 Å². The van der Waals surface area contributed by atoms with Gasteiger partial charge in [0, 0.05) is 12.8 Å². The normalized spacial score (nSPS) is 12.7. The third kappa shape index (κ3) is 21.9. The van der Waals surface area contributed by atoms with Gasteiger partial charge in [0.05, 0.1) is 12.2 Å². The van der Waals surface area contributed by atoms with Crippen LogP contribution >= 0.6 is 0 Å². The molecule has 0 aliphatic rings. The molecular formula is C32H52N2O10. The fourth-order valence-electron chi connectivity index (χ4n) is 3.23. The minimum absolute atomic E-state index is 0.0336. The number of benzene rings is 1. The summed E-state index contributed by atoms with van der Waals surface area (Å²) in [6, 6.07) is 7.40. The minimum Gasteiger partial charge on any atom is -0.462 e. The first kappa shape index (κ1) is 40.3. The van der Waals surface area contributed by atoms with E-state index in [2.05, 4.69) is 5.32 Å². The van der Waals surface area contributed by atoms with E-state index in [1.807, 2.05) is 30.3 Å². The van der Waals surface area contributed by atoms with Crippen LogP contribution in [-0.4, -0.2) is 65.5 Å². The summed E-state index contributed by atoms with van der Waals surface area (Å²) in [6.07, 6.45) is -0.923. The van der Waals surface area contributed by atoms with Gasteiger partial charge in [-0.2, -0.15) is 0 Å². The van der Waals surface area contributed by atoms with E-state index in [1.165, 1.54) is 0 Å². The van der Waals surface area contributed by atoms with E-state index in [4.69, 9.17) is 29.4 Å². The Kier molecular flexibility index (Phi) is 17.9. The lowest BCUT2D eigenvalue weighted by atomic mass is 10.1. The van der Waals surface area contributed by atoms with Gasteiger partial charge in [0.1, 0.15) is 29.9 Å². The second kappa shape index (κ2) is 19.6. The highest BCUT2D eigenvalue weighted by Gasteiger charge is 2.26. The third-order valence-corrected chi connectivity index (χ3v) is 4.93. The quantitative estimate of drug-likeness (QED) is 0.229. The van der Waals surface area contributed by atoms with Crippen molar-refractivity contribution in [1.82, 2.24) is 5.32 Å². The molecule has 0 fully saturated rings. The van der Waals surface area contributed by atoms with Crippen LogP contribution < -0.4 is 11.1 Å². The summed E-state index contributed by atoms with van der Waals surface area (Å²) in [6.45, 7) is 17.6. The Hall–Kier alpha value is -3.67. The van der Waals surface area contributed by atoms with Gasteiger partial charge in [-0.05, 0) is 87.6 Å². The van der Waals surface area contributed by atoms with E-state index < -0.39 is 47.3 Å². The molecule has 12 heteroatoms. The van der Waals surface area contributed by atoms with Gasteiger partial charge < -0.3 is 34.7 Å². The molecule has 1 aromatic rings. The first-order valence-electron chi connectivity index (χ1n) is 14.8. The van der Waals surface area contributed by atoms with Gasteiger partial charge in [-0.1, -0.05) is 30.3 Å². The first-order chi connectivity index (χ1) is 20.2. The Morgan fingerprint density at radius 1 is 0.727 bits per heavy atom. The maximum absolute atomic E-state index is 12.2. The van der Waals surface area contributed by atoms with Gasteiger partial charge in [0.25, 0.3) is 0 Å². The van der Waals surface area contributed by atoms with Crippen LogP contribution in [0.1, 0.15) is 100 Å². The van der Waals surface area contributed by atoms with Crippen LogP contribution in [-0.2, 0) is 49.5 Å². The smallest absolute Gasteiger partial charge is 0.408 e. The number of ether oxygens (including phenoxy) is 5. The van der Waals surface area contributed by atoms with Gasteiger partial charge in [0.2, 0.25) is 0 Å². The zero-order valence-electron chi connectivity index (χ0n) is 27.9. The predicted molar refractivity (Wildman–Crippen MR) is 164 cm³/mol. The van der Waals surface area contributed by atoms with E-state index in [1.54, 1.807) is 69.2 Å². The highest BCUT2D eigenvalue weighted by Crippen LogP contribution is 2.12. The standard InChI is InChI=1S/C20H29NO6.C12H23NO4/c1-14(2)26-18(23)16(11-12-17(22)27-20(3,4)5)21-19(24)25-13-15-9-7-6-8-10-15;1-8(2)16-11(15)9(13)6-7-10(14)17-12(3,4)5/h6-10,14,16H,11-13H2,1-5H3,(H,21,24);8-9H,6-7,13H2,1-5H3/t16-;9-/m00/s1. The number of nitrogens with two attached hydrogens (primary N) is 1. The maximum Gasteiger partial charge on any atom is 0.408 e. The zero-order chi connectivity index (χ0) is 34.1. The maximum atomic E-state index is 12.2. The summed E-state index contributed by atoms with van der Waals surface area (Å²) in [5, 5.41) is 2.47. The van der Waals surface area contributed by atoms with Gasteiger partial charge in [-0.25, -0.2) is 9.59 Å². The molecule has 0 aromatic heterocycles. The van der Waals surface area contributed by atoms with Crippen LogP contribution in [0.25, 0.3) is 0 Å². The molecule has 1 aromatic carbocycles. The Bertz CT molecular complexity index is 1040. The van der Waals surface area contributed by atoms with Crippen molar-refractivity contribution in [2.45, 2.75) is 137 Å². The summed E-state index contributed by atoms with van der Waals surface area (Å²) >= 11 is 0. The van der Waals surface area contributed by atoms with Crippen LogP contribution in [0.3, 0.4) is 0 Å². The van der Waals surface area contributed by atoms with Crippen LogP contribution in [0.5, 0.6) is 0 Å². The van der Waals surface area contributed by atoms with Gasteiger partial charge in [-0.15, -0.1) is 0 Å². The average Bonchev–Trinajstić information content (AvgIpc) is 2.86. The Balaban J connectivity index is 0.000000938. The summed E-state index contributed by atoms with van der Waals surface area (Å²) in [5.74, 6) is -1.91. The Morgan fingerprint density at radius 3 is 1.64 bits per heavy atom. The molecular weight excluding hydrogens is 572 g/mol. The molecule has 0 spiro atoms. The Labute approximate surface area is 261 Å². The van der Waals surface area contributed by atoms with Crippen LogP contribution in [0, 0.1) is 0 Å². The molecule has 0 saturated heterocycles. The number of carbonyl (C=O) groups excluding carboxylic acids is 5. The molecule has 3 N–H and O–H groups in total. The lowest BCUT2D eigenvalue weighted by Gasteiger charge is -2.21. The van der Waals surface area contributed by atoms with Crippen LogP contribution in [0.4, 0.5) is 4.79 Å². The molecule has 44 heavy (non-hydrogen) atoms. The minimum atomic E-state index is -0.997. The number of amides is 1. The van der Waals surface area contributed by atoms with E-state index in [9.17, 15) is 24.0 Å². The fourth-order valence-corrected chi connectivity index (χ4v) is 3.23. The van der Waals surface area contributed by atoms with Gasteiger partial charge in [-0.3, -0.25) is 14.4 Å². The largest absolute Gasteiger partial charge is 0.462 e. The highest BCUT2D eigenvalue weighted by molar-refractivity contribution is 5.82. The first-order valence-corrected chi connectivity index (χ1v) is 14.8. The molecule has 0 bridgehead atoms. The van der Waals surface area contributed by atoms with Crippen molar-refractivity contribution >= 4 is 30.0 Å². The van der Waals surface area contributed by atoms with Crippen molar-refractivity contribution in [3.8, 4) is 0 Å². The molecule has 0 radical (unpaired) electrons. The van der Waals surface area contributed by atoms with Gasteiger partial charge >= 0.3 is 30.0 Å². The molecule has 0 saturated carbocycles. The van der Waals surface area contributed by atoms with Crippen LogP contribution in [0.15, 0.2) is 30.3 Å². The van der Waals surface area contributed by atoms with E-state index in [0.29, 0.717) is 0 Å². The number of esters is 4. The summed E-state index contributed by atoms with van der Waals surface area (Å²) in [7, 11) is 0. The number of hydrogen-bond donors (Lipinski definition) is 2. The third-order valence-electron chi connectivity index (χ3n) is 4.93. The van der Waals surface area contributed by atoms with Crippen molar-refractivity contribution in [2.75, 3.05) is 0 Å². The number of rotatable bonds is 13. The zero-order valence-corrected chi connectivity index (χ0v) is 27.9. The lowest BCUT2D eigenvalue weighted by molar-refractivity contribution is -0.157. The Morgan fingerprint density at radius 2 is 1.18 bits per heavy atom. The molecule has 1 amide bonds. The molecule has 0 heterocycles. The molecule has 2 atom stereocenters. The van der Waals surface area contributed by atoms with Crippen LogP contribution in [0.2, 0.25) is 0 Å². The molecule has 0 aliphatic carbocycles. The number of alkyl carbamates (subject to hydrolysis) is 1. The second-order valence-corrected chi connectivity index (χ2v) is 12.6. The number of hydrogen-bond acceptors (Lipinski definition) is 11. The summed E-state index contributed by atoms with van der Waals surface area (Å²) in [5.41, 5.74) is 5.28. The van der Waals surface area contributed by atoms with Crippen molar-refractivity contribution in [3.63, 3.8) is 0 Å². The lowest BCUT2D eigenvalue weighted by Crippen LogP contribution is -2.43.